The fourth-order valence-corrected chi connectivity index (χ4v) is 4.14. The highest BCUT2D eigenvalue weighted by Crippen LogP contribution is 2.22. The average Bonchev–Trinajstić information content (AvgIpc) is 3.32. The van der Waals surface area contributed by atoms with Crippen molar-refractivity contribution in [2.24, 2.45) is 0 Å². The van der Waals surface area contributed by atoms with E-state index in [0.717, 1.165) is 19.4 Å². The first-order chi connectivity index (χ1) is 15.5. The summed E-state index contributed by atoms with van der Waals surface area (Å²) in [6, 6.07) is 14.3. The van der Waals surface area contributed by atoms with Gasteiger partial charge in [-0.3, -0.25) is 4.79 Å². The first-order valence-electron chi connectivity index (χ1n) is 10.1. The number of ether oxygens (including phenoxy) is 2. The molecule has 0 bridgehead atoms. The third-order valence-electron chi connectivity index (χ3n) is 4.79. The fourth-order valence-electron chi connectivity index (χ4n) is 3.19. The number of carbonyl (C=O) groups excluding carboxylic acids is 1. The number of aromatic nitrogens is 2. The van der Waals surface area contributed by atoms with E-state index in [4.69, 9.17) is 9.47 Å². The largest absolute Gasteiger partial charge is 0.490 e. The average molecular weight is 455 g/mol. The van der Waals surface area contributed by atoms with Crippen LogP contribution in [0.15, 0.2) is 71.9 Å². The fraction of sp³-hybridized carbons (Fsp3) is 0.227. The summed E-state index contributed by atoms with van der Waals surface area (Å²) in [4.78, 5) is 20.5. The minimum absolute atomic E-state index is 0.0169. The molecule has 2 N–H and O–H groups in total. The van der Waals surface area contributed by atoms with E-state index in [-0.39, 0.29) is 22.9 Å². The van der Waals surface area contributed by atoms with Crippen LogP contribution < -0.4 is 14.8 Å². The van der Waals surface area contributed by atoms with Crippen LogP contribution in [-0.4, -0.2) is 43.6 Å². The highest BCUT2D eigenvalue weighted by atomic mass is 32.2. The number of anilines is 2. The number of nitrogens with zero attached hydrogens (tertiary/aromatic N) is 2. The van der Waals surface area contributed by atoms with Crippen molar-refractivity contribution in [1.82, 2.24) is 9.97 Å². The van der Waals surface area contributed by atoms with E-state index in [2.05, 4.69) is 20.0 Å². The molecule has 0 spiro atoms. The molecule has 32 heavy (non-hydrogen) atoms. The number of para-hydroxylation sites is 1. The zero-order chi connectivity index (χ0) is 22.4. The molecule has 0 aliphatic carbocycles. The van der Waals surface area contributed by atoms with Gasteiger partial charge in [0.25, 0.3) is 15.9 Å². The Kier molecular flexibility index (Phi) is 6.62. The first kappa shape index (κ1) is 21.7. The second kappa shape index (κ2) is 9.75. The number of rotatable bonds is 8. The molecular formula is C22H22N4O5S. The lowest BCUT2D eigenvalue weighted by Crippen LogP contribution is -2.19. The summed E-state index contributed by atoms with van der Waals surface area (Å²) in [5, 5.41) is 2.76. The van der Waals surface area contributed by atoms with Gasteiger partial charge in [-0.15, -0.1) is 0 Å². The van der Waals surface area contributed by atoms with Gasteiger partial charge >= 0.3 is 0 Å². The van der Waals surface area contributed by atoms with Crippen LogP contribution in [0.3, 0.4) is 0 Å². The Labute approximate surface area is 185 Å². The Morgan fingerprint density at radius 3 is 2.53 bits per heavy atom. The monoisotopic (exact) mass is 454 g/mol. The van der Waals surface area contributed by atoms with Crippen molar-refractivity contribution in [1.29, 1.82) is 0 Å². The van der Waals surface area contributed by atoms with Crippen LogP contribution in [-0.2, 0) is 14.8 Å². The predicted molar refractivity (Wildman–Crippen MR) is 118 cm³/mol. The molecule has 1 aromatic heterocycles. The molecule has 4 rings (SSSR count). The number of sulfonamides is 1. The SMILES string of the molecule is O=C(Nc1ccc(S(=O)(=O)Nc2ncccn2)cc1)c1ccccc1OC[C@@H]1CCCO1. The molecule has 9 nitrogen and oxygen atoms in total. The molecule has 1 aliphatic rings. The Morgan fingerprint density at radius 2 is 1.81 bits per heavy atom. The van der Waals surface area contributed by atoms with Gasteiger partial charge in [0, 0.05) is 24.7 Å². The van der Waals surface area contributed by atoms with Crippen LogP contribution in [0.1, 0.15) is 23.2 Å². The normalized spacial score (nSPS) is 15.8. The molecule has 0 saturated carbocycles. The van der Waals surface area contributed by atoms with Gasteiger partial charge in [-0.2, -0.15) is 0 Å². The summed E-state index contributed by atoms with van der Waals surface area (Å²) in [7, 11) is -3.85. The van der Waals surface area contributed by atoms with Gasteiger partial charge in [0.15, 0.2) is 0 Å². The van der Waals surface area contributed by atoms with Crippen molar-refractivity contribution in [3.63, 3.8) is 0 Å². The van der Waals surface area contributed by atoms with Crippen LogP contribution in [0.2, 0.25) is 0 Å². The van der Waals surface area contributed by atoms with Gasteiger partial charge < -0.3 is 14.8 Å². The Bertz CT molecular complexity index is 1160. The molecule has 1 atom stereocenters. The summed E-state index contributed by atoms with van der Waals surface area (Å²) >= 11 is 0. The smallest absolute Gasteiger partial charge is 0.264 e. The van der Waals surface area contributed by atoms with E-state index in [1.807, 2.05) is 0 Å². The van der Waals surface area contributed by atoms with Gasteiger partial charge in [0.05, 0.1) is 16.6 Å². The molecule has 10 heteroatoms. The quantitative estimate of drug-likeness (QED) is 0.537. The zero-order valence-corrected chi connectivity index (χ0v) is 17.9. The van der Waals surface area contributed by atoms with Crippen molar-refractivity contribution in [3.05, 3.63) is 72.6 Å². The van der Waals surface area contributed by atoms with Crippen molar-refractivity contribution in [2.45, 2.75) is 23.8 Å². The van der Waals surface area contributed by atoms with E-state index < -0.39 is 10.0 Å². The Hall–Kier alpha value is -3.50. The third-order valence-corrected chi connectivity index (χ3v) is 6.14. The summed E-state index contributed by atoms with van der Waals surface area (Å²) in [6.45, 7) is 1.12. The van der Waals surface area contributed by atoms with Gasteiger partial charge in [-0.25, -0.2) is 23.1 Å². The van der Waals surface area contributed by atoms with Crippen LogP contribution in [0, 0.1) is 0 Å². The van der Waals surface area contributed by atoms with Crippen molar-refractivity contribution in [3.8, 4) is 5.75 Å². The molecule has 0 unspecified atom stereocenters. The molecule has 2 aromatic carbocycles. The van der Waals surface area contributed by atoms with E-state index in [1.165, 1.54) is 36.7 Å². The van der Waals surface area contributed by atoms with E-state index in [1.54, 1.807) is 30.3 Å². The second-order valence-corrected chi connectivity index (χ2v) is 8.78. The van der Waals surface area contributed by atoms with Crippen LogP contribution in [0.4, 0.5) is 11.6 Å². The Morgan fingerprint density at radius 1 is 1.06 bits per heavy atom. The van der Waals surface area contributed by atoms with Gasteiger partial charge in [0.1, 0.15) is 12.4 Å². The number of nitrogens with one attached hydrogen (secondary N) is 2. The molecule has 2 heterocycles. The maximum absolute atomic E-state index is 12.8. The number of amides is 1. The van der Waals surface area contributed by atoms with E-state index in [9.17, 15) is 13.2 Å². The number of carbonyl (C=O) groups is 1. The molecule has 1 aliphatic heterocycles. The van der Waals surface area contributed by atoms with Crippen LogP contribution in [0.5, 0.6) is 5.75 Å². The van der Waals surface area contributed by atoms with Gasteiger partial charge in [-0.05, 0) is 55.3 Å². The maximum Gasteiger partial charge on any atom is 0.264 e. The molecule has 0 radical (unpaired) electrons. The van der Waals surface area contributed by atoms with Gasteiger partial charge in [0.2, 0.25) is 5.95 Å². The van der Waals surface area contributed by atoms with E-state index >= 15 is 0 Å². The lowest BCUT2D eigenvalue weighted by molar-refractivity contribution is 0.0673. The number of hydrogen-bond donors (Lipinski definition) is 2. The topological polar surface area (TPSA) is 120 Å². The summed E-state index contributed by atoms with van der Waals surface area (Å²) in [6.07, 6.45) is 4.86. The zero-order valence-electron chi connectivity index (χ0n) is 17.1. The minimum atomic E-state index is -3.85. The molecule has 1 fully saturated rings. The Balaban J connectivity index is 1.42. The maximum atomic E-state index is 12.8. The number of hydrogen-bond acceptors (Lipinski definition) is 7. The molecule has 1 amide bonds. The molecule has 166 valence electrons. The van der Waals surface area contributed by atoms with Crippen molar-refractivity contribution < 1.29 is 22.7 Å². The van der Waals surface area contributed by atoms with Crippen molar-refractivity contribution >= 4 is 27.6 Å². The number of benzene rings is 2. The second-order valence-electron chi connectivity index (χ2n) is 7.10. The lowest BCUT2D eigenvalue weighted by atomic mass is 10.1. The minimum Gasteiger partial charge on any atom is -0.490 e. The highest BCUT2D eigenvalue weighted by molar-refractivity contribution is 7.92. The first-order valence-corrected chi connectivity index (χ1v) is 11.5. The summed E-state index contributed by atoms with van der Waals surface area (Å²) < 4.78 is 38.6. The molecule has 3 aromatic rings. The lowest BCUT2D eigenvalue weighted by Gasteiger charge is -2.14. The van der Waals surface area contributed by atoms with Crippen LogP contribution in [0.25, 0.3) is 0 Å². The standard InChI is InChI=1S/C22H22N4O5S/c27-21(19-6-1-2-7-20(19)31-15-17-5-3-14-30-17)25-16-8-10-18(11-9-16)32(28,29)26-22-23-12-4-13-24-22/h1-2,4,6-13,17H,3,5,14-15H2,(H,25,27)(H,23,24,26)/t17-/m0/s1. The third kappa shape index (κ3) is 5.40. The summed E-state index contributed by atoms with van der Waals surface area (Å²) in [5.41, 5.74) is 0.823. The van der Waals surface area contributed by atoms with Gasteiger partial charge in [-0.1, -0.05) is 12.1 Å². The van der Waals surface area contributed by atoms with E-state index in [0.29, 0.717) is 23.6 Å². The molecule has 1 saturated heterocycles. The van der Waals surface area contributed by atoms with Crippen LogP contribution >= 0.6 is 0 Å². The molecular weight excluding hydrogens is 432 g/mol. The summed E-state index contributed by atoms with van der Waals surface area (Å²) in [5.74, 6) is 0.0793. The highest BCUT2D eigenvalue weighted by Gasteiger charge is 2.19. The predicted octanol–water partition coefficient (Wildman–Crippen LogP) is 3.09. The van der Waals surface area contributed by atoms with Crippen molar-refractivity contribution in [2.75, 3.05) is 23.3 Å².